The molecular weight excluding hydrogens is 270 g/mol. The number of nitrogens with zero attached hydrogens (tertiary/aromatic N) is 1. The number of aliphatic hydroxyl groups excluding tert-OH is 2. The Morgan fingerprint density at radius 2 is 1.90 bits per heavy atom. The highest BCUT2D eigenvalue weighted by molar-refractivity contribution is 5.83. The van der Waals surface area contributed by atoms with Crippen LogP contribution in [-0.2, 0) is 0 Å². The fraction of sp³-hybridized carbons (Fsp3) is 0.375. The molecule has 2 aromatic carbocycles. The summed E-state index contributed by atoms with van der Waals surface area (Å²) in [6.45, 7) is -0.154. The number of aliphatic hydroxyl groups is 2. The number of fused-ring (bicyclic) bond motifs is 1. The smallest absolute Gasteiger partial charge is 0.245 e. The van der Waals surface area contributed by atoms with E-state index in [1.165, 1.54) is 0 Å². The highest BCUT2D eigenvalue weighted by atomic mass is 16.6. The summed E-state index contributed by atoms with van der Waals surface area (Å²) in [5.41, 5.74) is 0.811. The van der Waals surface area contributed by atoms with Crippen LogP contribution in [0, 0.1) is 16.0 Å². The van der Waals surface area contributed by atoms with Gasteiger partial charge < -0.3 is 10.2 Å². The van der Waals surface area contributed by atoms with Crippen LogP contribution in [0.1, 0.15) is 17.9 Å². The summed E-state index contributed by atoms with van der Waals surface area (Å²) < 4.78 is 0. The van der Waals surface area contributed by atoms with Crippen molar-refractivity contribution in [3.05, 3.63) is 58.1 Å². The van der Waals surface area contributed by atoms with Gasteiger partial charge in [0.2, 0.25) is 6.04 Å². The third-order valence-electron chi connectivity index (χ3n) is 4.45. The van der Waals surface area contributed by atoms with Gasteiger partial charge in [0.15, 0.2) is 0 Å². The molecule has 0 spiro atoms. The number of nitro groups is 1. The molecule has 0 amide bonds. The first-order valence-electron chi connectivity index (χ1n) is 7.03. The van der Waals surface area contributed by atoms with Gasteiger partial charge in [-0.2, -0.15) is 0 Å². The fourth-order valence-corrected chi connectivity index (χ4v) is 3.46. The first-order chi connectivity index (χ1) is 10.1. The van der Waals surface area contributed by atoms with Gasteiger partial charge in [-0.25, -0.2) is 0 Å². The van der Waals surface area contributed by atoms with E-state index < -0.39 is 23.0 Å². The second-order valence-electron chi connectivity index (χ2n) is 5.65. The lowest BCUT2D eigenvalue weighted by atomic mass is 9.86. The maximum absolute atomic E-state index is 11.3. The topological polar surface area (TPSA) is 83.6 Å². The van der Waals surface area contributed by atoms with Gasteiger partial charge in [-0.05, 0) is 28.7 Å². The van der Waals surface area contributed by atoms with Crippen molar-refractivity contribution in [3.63, 3.8) is 0 Å². The van der Waals surface area contributed by atoms with Crippen molar-refractivity contribution < 1.29 is 15.1 Å². The van der Waals surface area contributed by atoms with E-state index in [4.69, 9.17) is 0 Å². The van der Waals surface area contributed by atoms with Crippen LogP contribution in [0.15, 0.2) is 42.5 Å². The molecule has 0 aromatic heterocycles. The lowest BCUT2D eigenvalue weighted by Gasteiger charge is -2.20. The molecule has 5 nitrogen and oxygen atoms in total. The molecule has 21 heavy (non-hydrogen) atoms. The minimum absolute atomic E-state index is 0.154. The van der Waals surface area contributed by atoms with Crippen molar-refractivity contribution in [2.75, 3.05) is 6.61 Å². The van der Waals surface area contributed by atoms with E-state index in [0.29, 0.717) is 0 Å². The molecule has 0 bridgehead atoms. The molecule has 1 aliphatic carbocycles. The Morgan fingerprint density at radius 1 is 1.19 bits per heavy atom. The van der Waals surface area contributed by atoms with Crippen LogP contribution in [0.25, 0.3) is 10.8 Å². The average Bonchev–Trinajstić information content (AvgIpc) is 2.83. The molecule has 2 N–H and O–H groups in total. The van der Waals surface area contributed by atoms with Gasteiger partial charge >= 0.3 is 0 Å². The van der Waals surface area contributed by atoms with Crippen LogP contribution in [0.5, 0.6) is 0 Å². The number of benzene rings is 2. The predicted octanol–water partition coefficient (Wildman–Crippen LogP) is 1.94. The molecule has 1 aliphatic rings. The standard InChI is InChI=1S/C16H17NO4/c18-9-13-8-14(19)16(17(20)21)15(13)12-6-5-10-3-1-2-4-11(10)7-12/h1-7,13-16,18-19H,8-9H2/t13-,14?,15+,16?/m0/s1. The lowest BCUT2D eigenvalue weighted by molar-refractivity contribution is -0.534. The molecule has 1 saturated carbocycles. The number of hydrogen-bond acceptors (Lipinski definition) is 4. The van der Waals surface area contributed by atoms with E-state index in [9.17, 15) is 20.3 Å². The zero-order valence-electron chi connectivity index (χ0n) is 11.4. The van der Waals surface area contributed by atoms with E-state index in [1.807, 2.05) is 42.5 Å². The van der Waals surface area contributed by atoms with Crippen molar-refractivity contribution in [1.29, 1.82) is 0 Å². The van der Waals surface area contributed by atoms with Crippen molar-refractivity contribution in [3.8, 4) is 0 Å². The number of hydrogen-bond donors (Lipinski definition) is 2. The molecule has 0 heterocycles. The van der Waals surface area contributed by atoms with E-state index in [1.54, 1.807) is 0 Å². The molecule has 5 heteroatoms. The molecule has 2 unspecified atom stereocenters. The second kappa shape index (κ2) is 5.42. The normalized spacial score (nSPS) is 28.9. The maximum Gasteiger partial charge on any atom is 0.245 e. The third kappa shape index (κ3) is 2.39. The van der Waals surface area contributed by atoms with Gasteiger partial charge in [0.05, 0.1) is 5.92 Å². The van der Waals surface area contributed by atoms with Crippen LogP contribution in [0.4, 0.5) is 0 Å². The minimum Gasteiger partial charge on any atom is -0.396 e. The minimum atomic E-state index is -1.05. The summed E-state index contributed by atoms with van der Waals surface area (Å²) >= 11 is 0. The molecule has 110 valence electrons. The van der Waals surface area contributed by atoms with Gasteiger partial charge in [0.1, 0.15) is 6.10 Å². The van der Waals surface area contributed by atoms with E-state index in [0.717, 1.165) is 16.3 Å². The Balaban J connectivity index is 2.06. The molecule has 4 atom stereocenters. The van der Waals surface area contributed by atoms with Crippen LogP contribution in [-0.4, -0.2) is 33.9 Å². The Bertz CT molecular complexity index is 672. The third-order valence-corrected chi connectivity index (χ3v) is 4.45. The highest BCUT2D eigenvalue weighted by Gasteiger charge is 2.50. The maximum atomic E-state index is 11.3. The highest BCUT2D eigenvalue weighted by Crippen LogP contribution is 2.42. The van der Waals surface area contributed by atoms with E-state index in [2.05, 4.69) is 0 Å². The van der Waals surface area contributed by atoms with Gasteiger partial charge in [-0.3, -0.25) is 10.1 Å². The molecule has 0 radical (unpaired) electrons. The molecule has 0 aliphatic heterocycles. The van der Waals surface area contributed by atoms with Crippen LogP contribution < -0.4 is 0 Å². The Kier molecular flexibility index (Phi) is 3.61. The van der Waals surface area contributed by atoms with E-state index >= 15 is 0 Å². The van der Waals surface area contributed by atoms with Crippen LogP contribution >= 0.6 is 0 Å². The molecule has 2 aromatic rings. The summed E-state index contributed by atoms with van der Waals surface area (Å²) in [6, 6.07) is 12.5. The summed E-state index contributed by atoms with van der Waals surface area (Å²) in [6.07, 6.45) is -0.742. The molecule has 0 saturated heterocycles. The summed E-state index contributed by atoms with van der Waals surface area (Å²) in [5.74, 6) is -0.735. The van der Waals surface area contributed by atoms with Crippen LogP contribution in [0.3, 0.4) is 0 Å². The van der Waals surface area contributed by atoms with Crippen LogP contribution in [0.2, 0.25) is 0 Å². The predicted molar refractivity (Wildman–Crippen MR) is 78.7 cm³/mol. The van der Waals surface area contributed by atoms with Crippen molar-refractivity contribution >= 4 is 10.8 Å². The summed E-state index contributed by atoms with van der Waals surface area (Å²) in [7, 11) is 0. The lowest BCUT2D eigenvalue weighted by Crippen LogP contribution is -2.33. The average molecular weight is 287 g/mol. The second-order valence-corrected chi connectivity index (χ2v) is 5.65. The van der Waals surface area contributed by atoms with E-state index in [-0.39, 0.29) is 18.9 Å². The van der Waals surface area contributed by atoms with Crippen molar-refractivity contribution in [2.24, 2.45) is 5.92 Å². The number of rotatable bonds is 3. The quantitative estimate of drug-likeness (QED) is 0.667. The Hall–Kier alpha value is -1.98. The largest absolute Gasteiger partial charge is 0.396 e. The summed E-state index contributed by atoms with van der Waals surface area (Å²) in [4.78, 5) is 10.9. The Morgan fingerprint density at radius 3 is 2.57 bits per heavy atom. The fourth-order valence-electron chi connectivity index (χ4n) is 3.46. The molecule has 1 fully saturated rings. The van der Waals surface area contributed by atoms with Gasteiger partial charge in [0, 0.05) is 11.5 Å². The Labute approximate surface area is 122 Å². The molecular formula is C16H17NO4. The first kappa shape index (κ1) is 14.0. The van der Waals surface area contributed by atoms with Gasteiger partial charge in [-0.15, -0.1) is 0 Å². The summed E-state index contributed by atoms with van der Waals surface area (Å²) in [5, 5.41) is 32.8. The monoisotopic (exact) mass is 287 g/mol. The van der Waals surface area contributed by atoms with Gasteiger partial charge in [-0.1, -0.05) is 42.5 Å². The van der Waals surface area contributed by atoms with Crippen molar-refractivity contribution in [2.45, 2.75) is 24.5 Å². The zero-order valence-corrected chi connectivity index (χ0v) is 11.4. The first-order valence-corrected chi connectivity index (χ1v) is 7.03. The van der Waals surface area contributed by atoms with Crippen molar-refractivity contribution in [1.82, 2.24) is 0 Å². The zero-order chi connectivity index (χ0) is 15.0. The van der Waals surface area contributed by atoms with Gasteiger partial charge in [0.25, 0.3) is 0 Å². The molecule has 3 rings (SSSR count). The SMILES string of the molecule is O=[N+]([O-])C1C(O)C[C@@H](CO)[C@H]1c1ccc2ccccc2c1.